The zero-order chi connectivity index (χ0) is 15.8. The minimum absolute atomic E-state index is 0.302. The summed E-state index contributed by atoms with van der Waals surface area (Å²) in [7, 11) is -8.07. The number of benzene rings is 1. The Balaban J connectivity index is 3.32. The van der Waals surface area contributed by atoms with E-state index in [1.165, 1.54) is 24.3 Å². The van der Waals surface area contributed by atoms with Crippen molar-refractivity contribution in [3.63, 3.8) is 0 Å². The molecule has 0 amide bonds. The van der Waals surface area contributed by atoms with Gasteiger partial charge < -0.3 is 0 Å². The Morgan fingerprint density at radius 1 is 1.05 bits per heavy atom. The second-order valence-corrected chi connectivity index (χ2v) is 8.91. The highest BCUT2D eigenvalue weighted by Crippen LogP contribution is 2.23. The van der Waals surface area contributed by atoms with Crippen LogP contribution in [0.1, 0.15) is 27.7 Å². The van der Waals surface area contributed by atoms with E-state index in [-0.39, 0.29) is 16.4 Å². The van der Waals surface area contributed by atoms with Gasteiger partial charge in [0, 0.05) is 6.04 Å². The van der Waals surface area contributed by atoms with E-state index in [2.05, 4.69) is 4.72 Å². The van der Waals surface area contributed by atoms with Gasteiger partial charge in [0.15, 0.2) is 0 Å². The minimum atomic E-state index is -4.11. The largest absolute Gasteiger partial charge is 0.242 e. The first kappa shape index (κ1) is 17.1. The van der Waals surface area contributed by atoms with Crippen molar-refractivity contribution in [2.45, 2.75) is 43.5 Å². The van der Waals surface area contributed by atoms with Crippen LogP contribution in [0.2, 0.25) is 0 Å². The van der Waals surface area contributed by atoms with Gasteiger partial charge in [-0.05, 0) is 24.5 Å². The number of sulfonamides is 2. The molecule has 0 saturated carbocycles. The molecule has 0 radical (unpaired) electrons. The molecule has 1 aromatic rings. The molecule has 1 aromatic carbocycles. The molecule has 1 unspecified atom stereocenters. The molecule has 1 atom stereocenters. The number of nitrogens with one attached hydrogen (secondary N) is 1. The van der Waals surface area contributed by atoms with Crippen LogP contribution in [-0.2, 0) is 20.0 Å². The molecule has 0 bridgehead atoms. The first-order valence-electron chi connectivity index (χ1n) is 6.00. The fourth-order valence-corrected chi connectivity index (χ4v) is 4.21. The van der Waals surface area contributed by atoms with Crippen LogP contribution in [0.25, 0.3) is 0 Å². The van der Waals surface area contributed by atoms with E-state index in [4.69, 9.17) is 5.14 Å². The second-order valence-electron chi connectivity index (χ2n) is 5.70. The maximum Gasteiger partial charge on any atom is 0.242 e. The second kappa shape index (κ2) is 5.44. The molecular weight excluding hydrogens is 300 g/mol. The molecule has 0 fully saturated rings. The van der Waals surface area contributed by atoms with Crippen LogP contribution in [0, 0.1) is 5.41 Å². The monoisotopic (exact) mass is 320 g/mol. The molecule has 0 spiro atoms. The highest BCUT2D eigenvalue weighted by atomic mass is 32.2. The molecule has 0 saturated heterocycles. The van der Waals surface area contributed by atoms with Gasteiger partial charge in [-0.15, -0.1) is 0 Å². The zero-order valence-corrected chi connectivity index (χ0v) is 13.5. The summed E-state index contributed by atoms with van der Waals surface area (Å²) >= 11 is 0. The van der Waals surface area contributed by atoms with Crippen molar-refractivity contribution < 1.29 is 16.8 Å². The van der Waals surface area contributed by atoms with Gasteiger partial charge in [0.05, 0.1) is 0 Å². The van der Waals surface area contributed by atoms with Crippen LogP contribution in [0.5, 0.6) is 0 Å². The molecule has 8 heteroatoms. The van der Waals surface area contributed by atoms with Crippen molar-refractivity contribution in [2.24, 2.45) is 10.6 Å². The Morgan fingerprint density at radius 3 is 1.90 bits per heavy atom. The molecular formula is C12H20N2O4S2. The Bertz CT molecular complexity index is 688. The number of rotatable bonds is 4. The molecule has 0 aliphatic heterocycles. The predicted octanol–water partition coefficient (Wildman–Crippen LogP) is 1.05. The van der Waals surface area contributed by atoms with Gasteiger partial charge in [0.2, 0.25) is 20.0 Å². The van der Waals surface area contributed by atoms with Crippen molar-refractivity contribution in [2.75, 3.05) is 0 Å². The average Bonchev–Trinajstić information content (AvgIpc) is 2.26. The van der Waals surface area contributed by atoms with E-state index in [9.17, 15) is 16.8 Å². The van der Waals surface area contributed by atoms with E-state index < -0.39 is 24.9 Å². The lowest BCUT2D eigenvalue weighted by Crippen LogP contribution is -2.41. The summed E-state index contributed by atoms with van der Waals surface area (Å²) < 4.78 is 50.1. The lowest BCUT2D eigenvalue weighted by molar-refractivity contribution is 0.317. The molecule has 3 N–H and O–H groups in total. The van der Waals surface area contributed by atoms with Crippen LogP contribution < -0.4 is 9.86 Å². The summed E-state index contributed by atoms with van der Waals surface area (Å²) in [6.45, 7) is 7.36. The number of hydrogen-bond acceptors (Lipinski definition) is 4. The third-order valence-corrected chi connectivity index (χ3v) is 5.77. The summed E-state index contributed by atoms with van der Waals surface area (Å²) in [4.78, 5) is -0.743. The standard InChI is InChI=1S/C12H20N2O4S2/c1-9(12(2,3)4)14-20(17,18)11-8-6-5-7-10(11)19(13,15)16/h5-9,14H,1-4H3,(H2,13,15,16). The lowest BCUT2D eigenvalue weighted by Gasteiger charge is -2.28. The quantitative estimate of drug-likeness (QED) is 0.864. The van der Waals surface area contributed by atoms with E-state index in [1.54, 1.807) is 6.92 Å². The van der Waals surface area contributed by atoms with Crippen molar-refractivity contribution >= 4 is 20.0 Å². The summed E-state index contributed by atoms with van der Waals surface area (Å²) in [6, 6.07) is 4.89. The van der Waals surface area contributed by atoms with Gasteiger partial charge in [0.25, 0.3) is 0 Å². The first-order chi connectivity index (χ1) is 8.86. The maximum absolute atomic E-state index is 12.3. The third-order valence-electron chi connectivity index (χ3n) is 3.08. The summed E-state index contributed by atoms with van der Waals surface area (Å²) in [5.41, 5.74) is -0.302. The minimum Gasteiger partial charge on any atom is -0.225 e. The smallest absolute Gasteiger partial charge is 0.225 e. The average molecular weight is 320 g/mol. The van der Waals surface area contributed by atoms with Gasteiger partial charge in [-0.1, -0.05) is 32.9 Å². The molecule has 114 valence electrons. The molecule has 0 aliphatic carbocycles. The topological polar surface area (TPSA) is 106 Å². The number of primary sulfonamides is 1. The van der Waals surface area contributed by atoms with Crippen molar-refractivity contribution in [1.29, 1.82) is 0 Å². The van der Waals surface area contributed by atoms with Crippen molar-refractivity contribution in [3.8, 4) is 0 Å². The van der Waals surface area contributed by atoms with Crippen molar-refractivity contribution in [3.05, 3.63) is 24.3 Å². The highest BCUT2D eigenvalue weighted by molar-refractivity contribution is 7.92. The van der Waals surface area contributed by atoms with Crippen LogP contribution >= 0.6 is 0 Å². The Labute approximate surface area is 120 Å². The van der Waals surface area contributed by atoms with Gasteiger partial charge in [-0.3, -0.25) is 0 Å². The lowest BCUT2D eigenvalue weighted by atomic mass is 9.89. The number of hydrogen-bond donors (Lipinski definition) is 2. The Hall–Kier alpha value is -0.960. The van der Waals surface area contributed by atoms with E-state index in [0.29, 0.717) is 0 Å². The SMILES string of the molecule is CC(NS(=O)(=O)c1ccccc1S(N)(=O)=O)C(C)(C)C. The third kappa shape index (κ3) is 4.02. The molecule has 20 heavy (non-hydrogen) atoms. The molecule has 6 nitrogen and oxygen atoms in total. The maximum atomic E-state index is 12.3. The van der Waals surface area contributed by atoms with Crippen LogP contribution in [0.3, 0.4) is 0 Å². The van der Waals surface area contributed by atoms with Gasteiger partial charge in [-0.25, -0.2) is 26.7 Å². The van der Waals surface area contributed by atoms with Crippen LogP contribution in [-0.4, -0.2) is 22.9 Å². The van der Waals surface area contributed by atoms with Gasteiger partial charge in [0.1, 0.15) is 9.79 Å². The summed E-state index contributed by atoms with van der Waals surface area (Å²) in [6.07, 6.45) is 0. The normalized spacial score (nSPS) is 15.1. The first-order valence-corrected chi connectivity index (χ1v) is 9.03. The molecule has 0 aromatic heterocycles. The Morgan fingerprint density at radius 2 is 1.50 bits per heavy atom. The molecule has 0 heterocycles. The fourth-order valence-electron chi connectivity index (χ4n) is 1.38. The van der Waals surface area contributed by atoms with Crippen LogP contribution in [0.15, 0.2) is 34.1 Å². The Kier molecular flexibility index (Phi) is 4.65. The van der Waals surface area contributed by atoms with Crippen LogP contribution in [0.4, 0.5) is 0 Å². The van der Waals surface area contributed by atoms with Gasteiger partial charge >= 0.3 is 0 Å². The summed E-state index contributed by atoms with van der Waals surface area (Å²) in [5.74, 6) is 0. The number of nitrogens with two attached hydrogens (primary N) is 1. The van der Waals surface area contributed by atoms with Gasteiger partial charge in [-0.2, -0.15) is 0 Å². The highest BCUT2D eigenvalue weighted by Gasteiger charge is 2.29. The molecule has 1 rings (SSSR count). The van der Waals surface area contributed by atoms with Crippen molar-refractivity contribution in [1.82, 2.24) is 4.72 Å². The zero-order valence-electron chi connectivity index (χ0n) is 11.9. The van der Waals surface area contributed by atoms with E-state index >= 15 is 0 Å². The molecule has 0 aliphatic rings. The van der Waals surface area contributed by atoms with E-state index in [1.807, 2.05) is 20.8 Å². The fraction of sp³-hybridized carbons (Fsp3) is 0.500. The van der Waals surface area contributed by atoms with E-state index in [0.717, 1.165) is 0 Å². The summed E-state index contributed by atoms with van der Waals surface area (Å²) in [5, 5.41) is 5.05. The predicted molar refractivity (Wildman–Crippen MR) is 77.1 cm³/mol.